The van der Waals surface area contributed by atoms with Crippen LogP contribution in [0.2, 0.25) is 0 Å². The molecule has 19 heavy (non-hydrogen) atoms. The summed E-state index contributed by atoms with van der Waals surface area (Å²) in [6.45, 7) is 4.92. The summed E-state index contributed by atoms with van der Waals surface area (Å²) in [6.07, 6.45) is 3.60. The van der Waals surface area contributed by atoms with Gasteiger partial charge >= 0.3 is 0 Å². The van der Waals surface area contributed by atoms with Crippen molar-refractivity contribution in [2.45, 2.75) is 39.2 Å². The van der Waals surface area contributed by atoms with E-state index in [1.165, 1.54) is 19.3 Å². The fraction of sp³-hybridized carbons (Fsp3) is 0.857. The number of likely N-dealkylation sites (N-methyl/N-ethyl adjacent to an activating group) is 1. The number of carbonyl (C=O) groups is 1. The minimum absolute atomic E-state index is 0.0496. The van der Waals surface area contributed by atoms with E-state index in [0.717, 1.165) is 17.8 Å². The first-order valence-electron chi connectivity index (χ1n) is 7.11. The summed E-state index contributed by atoms with van der Waals surface area (Å²) in [5, 5.41) is 6.49. The number of carbonyl (C=O) groups excluding carboxylic acids is 1. The number of hydrogen-bond acceptors (Lipinski definition) is 2. The Labute approximate surface area is 116 Å². The predicted octanol–water partition coefficient (Wildman–Crippen LogP) is 1.06. The molecule has 3 atom stereocenters. The van der Waals surface area contributed by atoms with E-state index in [0.29, 0.717) is 6.04 Å². The highest BCUT2D eigenvalue weighted by atomic mass is 16.2. The van der Waals surface area contributed by atoms with Gasteiger partial charge in [0.25, 0.3) is 0 Å². The average Bonchev–Trinajstić information content (AvgIpc) is 2.38. The molecule has 1 saturated carbocycles. The van der Waals surface area contributed by atoms with Gasteiger partial charge in [-0.3, -0.25) is 9.79 Å². The molecular formula is C14H28N4O. The van der Waals surface area contributed by atoms with Crippen molar-refractivity contribution >= 4 is 11.9 Å². The van der Waals surface area contributed by atoms with E-state index < -0.39 is 0 Å². The monoisotopic (exact) mass is 268 g/mol. The topological polar surface area (TPSA) is 56.7 Å². The maximum atomic E-state index is 11.5. The van der Waals surface area contributed by atoms with E-state index in [4.69, 9.17) is 0 Å². The van der Waals surface area contributed by atoms with Crippen LogP contribution in [0.3, 0.4) is 0 Å². The highest BCUT2D eigenvalue weighted by Crippen LogP contribution is 2.29. The summed E-state index contributed by atoms with van der Waals surface area (Å²) in [6, 6.07) is 0.465. The van der Waals surface area contributed by atoms with Crippen molar-refractivity contribution in [2.75, 3.05) is 27.7 Å². The molecule has 5 heteroatoms. The van der Waals surface area contributed by atoms with E-state index in [1.54, 1.807) is 26.0 Å². The van der Waals surface area contributed by atoms with E-state index in [1.807, 2.05) is 0 Å². The number of guanidine groups is 1. The number of hydrogen-bond donors (Lipinski definition) is 2. The number of rotatable bonds is 3. The standard InChI is InChI=1S/C14H28N4O/c1-10-6-7-12(8-11(10)2)17-14(15-3)16-9-13(19)18(4)5/h10-12H,6-9H2,1-5H3,(H2,15,16,17). The van der Waals surface area contributed by atoms with Crippen LogP contribution in [0.4, 0.5) is 0 Å². The number of aliphatic imine (C=N–C) groups is 1. The molecule has 0 aromatic heterocycles. The van der Waals surface area contributed by atoms with Crippen molar-refractivity contribution in [1.82, 2.24) is 15.5 Å². The molecule has 0 aromatic rings. The lowest BCUT2D eigenvalue weighted by Gasteiger charge is -2.33. The van der Waals surface area contributed by atoms with Crippen molar-refractivity contribution < 1.29 is 4.79 Å². The summed E-state index contributed by atoms with van der Waals surface area (Å²) >= 11 is 0. The third-order valence-electron chi connectivity index (χ3n) is 4.07. The van der Waals surface area contributed by atoms with Gasteiger partial charge < -0.3 is 15.5 Å². The first-order valence-corrected chi connectivity index (χ1v) is 7.11. The summed E-state index contributed by atoms with van der Waals surface area (Å²) in [5.74, 6) is 2.33. The molecule has 0 saturated heterocycles. The van der Waals surface area contributed by atoms with E-state index in [9.17, 15) is 4.79 Å². The Morgan fingerprint density at radius 1 is 1.26 bits per heavy atom. The molecule has 0 radical (unpaired) electrons. The number of amides is 1. The molecule has 0 aromatic carbocycles. The maximum absolute atomic E-state index is 11.5. The lowest BCUT2D eigenvalue weighted by molar-refractivity contribution is -0.127. The zero-order chi connectivity index (χ0) is 14.4. The molecule has 110 valence electrons. The van der Waals surface area contributed by atoms with Crippen LogP contribution in [0.5, 0.6) is 0 Å². The van der Waals surface area contributed by atoms with Gasteiger partial charge in [-0.25, -0.2) is 0 Å². The van der Waals surface area contributed by atoms with Crippen LogP contribution in [0.25, 0.3) is 0 Å². The molecule has 1 aliphatic rings. The number of nitrogens with zero attached hydrogens (tertiary/aromatic N) is 2. The molecule has 2 N–H and O–H groups in total. The molecule has 3 unspecified atom stereocenters. The zero-order valence-corrected chi connectivity index (χ0v) is 12.9. The fourth-order valence-corrected chi connectivity index (χ4v) is 2.38. The van der Waals surface area contributed by atoms with Crippen LogP contribution >= 0.6 is 0 Å². The SMILES string of the molecule is CN=C(NCC(=O)N(C)C)NC1CCC(C)C(C)C1. The predicted molar refractivity (Wildman–Crippen MR) is 79.2 cm³/mol. The molecule has 0 heterocycles. The van der Waals surface area contributed by atoms with Crippen LogP contribution in [0.1, 0.15) is 33.1 Å². The van der Waals surface area contributed by atoms with Gasteiger partial charge in [0, 0.05) is 27.2 Å². The molecule has 1 rings (SSSR count). The Hall–Kier alpha value is -1.26. The third-order valence-corrected chi connectivity index (χ3v) is 4.07. The second-order valence-corrected chi connectivity index (χ2v) is 5.82. The highest BCUT2D eigenvalue weighted by molar-refractivity contribution is 5.86. The first kappa shape index (κ1) is 15.8. The lowest BCUT2D eigenvalue weighted by atomic mass is 9.79. The minimum atomic E-state index is 0.0496. The Balaban J connectivity index is 2.39. The van der Waals surface area contributed by atoms with Gasteiger partial charge in [-0.15, -0.1) is 0 Å². The zero-order valence-electron chi connectivity index (χ0n) is 12.9. The summed E-state index contributed by atoms with van der Waals surface area (Å²) < 4.78 is 0. The molecule has 5 nitrogen and oxygen atoms in total. The Bertz CT molecular complexity index is 327. The Morgan fingerprint density at radius 3 is 2.47 bits per heavy atom. The van der Waals surface area contributed by atoms with Crippen LogP contribution in [-0.4, -0.2) is 50.5 Å². The Kier molecular flexibility index (Phi) is 6.12. The van der Waals surface area contributed by atoms with Gasteiger partial charge in [-0.1, -0.05) is 13.8 Å². The Morgan fingerprint density at radius 2 is 1.95 bits per heavy atom. The van der Waals surface area contributed by atoms with Gasteiger partial charge in [0.15, 0.2) is 5.96 Å². The maximum Gasteiger partial charge on any atom is 0.241 e. The van der Waals surface area contributed by atoms with Crippen molar-refractivity contribution in [3.63, 3.8) is 0 Å². The molecule has 1 amide bonds. The van der Waals surface area contributed by atoms with E-state index in [2.05, 4.69) is 29.5 Å². The van der Waals surface area contributed by atoms with Crippen LogP contribution < -0.4 is 10.6 Å². The van der Waals surface area contributed by atoms with Crippen LogP contribution in [0, 0.1) is 11.8 Å². The van der Waals surface area contributed by atoms with Crippen molar-refractivity contribution in [3.8, 4) is 0 Å². The van der Waals surface area contributed by atoms with Gasteiger partial charge in [0.1, 0.15) is 0 Å². The molecular weight excluding hydrogens is 240 g/mol. The highest BCUT2D eigenvalue weighted by Gasteiger charge is 2.25. The van der Waals surface area contributed by atoms with Crippen LogP contribution in [0.15, 0.2) is 4.99 Å². The van der Waals surface area contributed by atoms with Crippen molar-refractivity contribution in [2.24, 2.45) is 16.8 Å². The van der Waals surface area contributed by atoms with Crippen LogP contribution in [-0.2, 0) is 4.79 Å². The van der Waals surface area contributed by atoms with E-state index in [-0.39, 0.29) is 12.5 Å². The average molecular weight is 268 g/mol. The van der Waals surface area contributed by atoms with Gasteiger partial charge in [-0.05, 0) is 31.1 Å². The quantitative estimate of drug-likeness (QED) is 0.594. The minimum Gasteiger partial charge on any atom is -0.354 e. The molecule has 1 aliphatic carbocycles. The van der Waals surface area contributed by atoms with Gasteiger partial charge in [-0.2, -0.15) is 0 Å². The van der Waals surface area contributed by atoms with Crippen molar-refractivity contribution in [1.29, 1.82) is 0 Å². The second kappa shape index (κ2) is 7.36. The third kappa shape index (κ3) is 5.09. The summed E-state index contributed by atoms with van der Waals surface area (Å²) in [4.78, 5) is 17.3. The molecule has 0 bridgehead atoms. The fourth-order valence-electron chi connectivity index (χ4n) is 2.38. The normalized spacial score (nSPS) is 27.8. The lowest BCUT2D eigenvalue weighted by Crippen LogP contribution is -2.48. The second-order valence-electron chi connectivity index (χ2n) is 5.82. The first-order chi connectivity index (χ1) is 8.93. The van der Waals surface area contributed by atoms with Crippen molar-refractivity contribution in [3.05, 3.63) is 0 Å². The van der Waals surface area contributed by atoms with E-state index >= 15 is 0 Å². The summed E-state index contributed by atoms with van der Waals surface area (Å²) in [7, 11) is 5.25. The summed E-state index contributed by atoms with van der Waals surface area (Å²) in [5.41, 5.74) is 0. The number of nitrogens with one attached hydrogen (secondary N) is 2. The largest absolute Gasteiger partial charge is 0.354 e. The molecule has 0 spiro atoms. The molecule has 0 aliphatic heterocycles. The molecule has 1 fully saturated rings. The smallest absolute Gasteiger partial charge is 0.241 e. The van der Waals surface area contributed by atoms with Gasteiger partial charge in [0.2, 0.25) is 5.91 Å². The van der Waals surface area contributed by atoms with Gasteiger partial charge in [0.05, 0.1) is 6.54 Å².